The Morgan fingerprint density at radius 3 is 2.76 bits per heavy atom. The minimum Gasteiger partial charge on any atom is -0.338 e. The zero-order valence-corrected chi connectivity index (χ0v) is 18.8. The SMILES string of the molecule is O=C(Nc1ccccc1Br)C1CCCN(Cc2nc(-c3ccc(Br)cc3)no2)C1. The van der Waals surface area contributed by atoms with E-state index < -0.39 is 0 Å². The van der Waals surface area contributed by atoms with Crippen molar-refractivity contribution in [1.82, 2.24) is 15.0 Å². The molecule has 150 valence electrons. The molecule has 6 nitrogen and oxygen atoms in total. The standard InChI is InChI=1S/C21H20Br2N4O2/c22-16-9-7-14(8-10-16)20-25-19(29-26-20)13-27-11-3-4-15(12-27)21(28)24-18-6-2-1-5-17(18)23/h1-2,5-10,15H,3-4,11-13H2,(H,24,28). The normalized spacial score (nSPS) is 17.2. The topological polar surface area (TPSA) is 71.3 Å². The Bertz CT molecular complexity index is 990. The molecule has 1 saturated heterocycles. The summed E-state index contributed by atoms with van der Waals surface area (Å²) >= 11 is 6.90. The van der Waals surface area contributed by atoms with E-state index in [2.05, 4.69) is 52.2 Å². The summed E-state index contributed by atoms with van der Waals surface area (Å²) in [7, 11) is 0. The monoisotopic (exact) mass is 518 g/mol. The van der Waals surface area contributed by atoms with Gasteiger partial charge in [-0.05, 0) is 71.7 Å². The van der Waals surface area contributed by atoms with Gasteiger partial charge in [0.05, 0.1) is 18.2 Å². The van der Waals surface area contributed by atoms with Gasteiger partial charge in [0, 0.05) is 21.1 Å². The largest absolute Gasteiger partial charge is 0.338 e. The van der Waals surface area contributed by atoms with Crippen LogP contribution in [0.15, 0.2) is 62.0 Å². The number of piperidine rings is 1. The molecule has 1 aliphatic heterocycles. The number of hydrogen-bond acceptors (Lipinski definition) is 5. The number of amides is 1. The molecule has 2 aromatic carbocycles. The first-order chi connectivity index (χ1) is 14.1. The van der Waals surface area contributed by atoms with E-state index in [1.54, 1.807) is 0 Å². The van der Waals surface area contributed by atoms with Crippen LogP contribution in [-0.4, -0.2) is 34.0 Å². The fourth-order valence-corrected chi connectivity index (χ4v) is 4.09. The quantitative estimate of drug-likeness (QED) is 0.507. The highest BCUT2D eigenvalue weighted by molar-refractivity contribution is 9.10. The molecule has 3 aromatic rings. The van der Waals surface area contributed by atoms with Crippen LogP contribution in [-0.2, 0) is 11.3 Å². The summed E-state index contributed by atoms with van der Waals surface area (Å²) in [5.74, 6) is 1.12. The number of carbonyl (C=O) groups is 1. The average molecular weight is 520 g/mol. The van der Waals surface area contributed by atoms with Crippen LogP contribution in [0.25, 0.3) is 11.4 Å². The van der Waals surface area contributed by atoms with Crippen molar-refractivity contribution in [2.45, 2.75) is 19.4 Å². The smallest absolute Gasteiger partial charge is 0.241 e. The van der Waals surface area contributed by atoms with Crippen LogP contribution in [0.5, 0.6) is 0 Å². The van der Waals surface area contributed by atoms with E-state index >= 15 is 0 Å². The molecule has 0 saturated carbocycles. The summed E-state index contributed by atoms with van der Waals surface area (Å²) in [5.41, 5.74) is 1.71. The molecule has 1 unspecified atom stereocenters. The number of hydrogen-bond donors (Lipinski definition) is 1. The van der Waals surface area contributed by atoms with Gasteiger partial charge in [0.25, 0.3) is 0 Å². The summed E-state index contributed by atoms with van der Waals surface area (Å²) in [4.78, 5) is 19.4. The van der Waals surface area contributed by atoms with Crippen LogP contribution in [0.2, 0.25) is 0 Å². The third-order valence-electron chi connectivity index (χ3n) is 4.94. The number of halogens is 2. The van der Waals surface area contributed by atoms with Crippen LogP contribution in [0.4, 0.5) is 5.69 Å². The minimum absolute atomic E-state index is 0.0441. The predicted molar refractivity (Wildman–Crippen MR) is 118 cm³/mol. The summed E-state index contributed by atoms with van der Waals surface area (Å²) in [6.07, 6.45) is 1.84. The molecule has 0 spiro atoms. The first-order valence-corrected chi connectivity index (χ1v) is 11.0. The van der Waals surface area contributed by atoms with E-state index in [1.165, 1.54) is 0 Å². The molecule has 29 heavy (non-hydrogen) atoms. The number of nitrogens with zero attached hydrogens (tertiary/aromatic N) is 3. The van der Waals surface area contributed by atoms with Gasteiger partial charge in [-0.1, -0.05) is 33.2 Å². The van der Waals surface area contributed by atoms with Crippen molar-refractivity contribution in [3.8, 4) is 11.4 Å². The Hall–Kier alpha value is -2.03. The third kappa shape index (κ3) is 5.12. The van der Waals surface area contributed by atoms with Crippen molar-refractivity contribution < 1.29 is 9.32 Å². The van der Waals surface area contributed by atoms with Gasteiger partial charge in [0.1, 0.15) is 0 Å². The molecule has 1 amide bonds. The van der Waals surface area contributed by atoms with E-state index in [9.17, 15) is 4.79 Å². The van der Waals surface area contributed by atoms with Crippen LogP contribution < -0.4 is 5.32 Å². The lowest BCUT2D eigenvalue weighted by molar-refractivity contribution is -0.121. The number of para-hydroxylation sites is 1. The maximum atomic E-state index is 12.7. The molecular formula is C21H20Br2N4O2. The zero-order valence-electron chi connectivity index (χ0n) is 15.6. The van der Waals surface area contributed by atoms with Gasteiger partial charge in [-0.2, -0.15) is 4.98 Å². The number of nitrogens with one attached hydrogen (secondary N) is 1. The molecule has 0 bridgehead atoms. The Labute approximate surface area is 185 Å². The lowest BCUT2D eigenvalue weighted by atomic mass is 9.97. The molecule has 1 aromatic heterocycles. The zero-order chi connectivity index (χ0) is 20.2. The Balaban J connectivity index is 1.37. The molecule has 0 aliphatic carbocycles. The van der Waals surface area contributed by atoms with Gasteiger partial charge in [-0.15, -0.1) is 0 Å². The van der Waals surface area contributed by atoms with Gasteiger partial charge < -0.3 is 9.84 Å². The maximum absolute atomic E-state index is 12.7. The van der Waals surface area contributed by atoms with Gasteiger partial charge >= 0.3 is 0 Å². The van der Waals surface area contributed by atoms with Crippen LogP contribution >= 0.6 is 31.9 Å². The fourth-order valence-electron chi connectivity index (χ4n) is 3.44. The lowest BCUT2D eigenvalue weighted by Crippen LogP contribution is -2.40. The van der Waals surface area contributed by atoms with Crippen molar-refractivity contribution in [2.24, 2.45) is 5.92 Å². The van der Waals surface area contributed by atoms with Crippen LogP contribution in [0.1, 0.15) is 18.7 Å². The van der Waals surface area contributed by atoms with E-state index in [-0.39, 0.29) is 11.8 Å². The summed E-state index contributed by atoms with van der Waals surface area (Å²) in [6.45, 7) is 2.13. The Kier molecular flexibility index (Phi) is 6.42. The van der Waals surface area contributed by atoms with Crippen LogP contribution in [0.3, 0.4) is 0 Å². The molecular weight excluding hydrogens is 500 g/mol. The average Bonchev–Trinajstić information content (AvgIpc) is 3.19. The molecule has 1 aliphatic rings. The molecule has 1 N–H and O–H groups in total. The van der Waals surface area contributed by atoms with E-state index in [0.717, 1.165) is 39.6 Å². The highest BCUT2D eigenvalue weighted by Gasteiger charge is 2.27. The first-order valence-electron chi connectivity index (χ1n) is 9.45. The summed E-state index contributed by atoms with van der Waals surface area (Å²) in [6, 6.07) is 15.4. The number of aromatic nitrogens is 2. The van der Waals surface area contributed by atoms with Crippen molar-refractivity contribution >= 4 is 43.5 Å². The molecule has 2 heterocycles. The lowest BCUT2D eigenvalue weighted by Gasteiger charge is -2.30. The second-order valence-corrected chi connectivity index (χ2v) is 8.83. The van der Waals surface area contributed by atoms with E-state index in [4.69, 9.17) is 4.52 Å². The summed E-state index contributed by atoms with van der Waals surface area (Å²) in [5, 5.41) is 7.12. The molecule has 0 radical (unpaired) electrons. The predicted octanol–water partition coefficient (Wildman–Crippen LogP) is 5.11. The number of anilines is 1. The van der Waals surface area contributed by atoms with Gasteiger partial charge in [-0.25, -0.2) is 0 Å². The van der Waals surface area contributed by atoms with Crippen molar-refractivity contribution in [3.05, 3.63) is 63.4 Å². The van der Waals surface area contributed by atoms with Gasteiger partial charge in [0.2, 0.25) is 17.6 Å². The number of carbonyl (C=O) groups excluding carboxylic acids is 1. The minimum atomic E-state index is -0.0651. The molecule has 1 fully saturated rings. The second-order valence-electron chi connectivity index (χ2n) is 7.06. The Morgan fingerprint density at radius 1 is 1.17 bits per heavy atom. The van der Waals surface area contributed by atoms with Gasteiger partial charge in [0.15, 0.2) is 0 Å². The summed E-state index contributed by atoms with van der Waals surface area (Å²) < 4.78 is 7.32. The number of likely N-dealkylation sites (tertiary alicyclic amines) is 1. The molecule has 4 rings (SSSR count). The van der Waals surface area contributed by atoms with Crippen LogP contribution in [0, 0.1) is 5.92 Å². The van der Waals surface area contributed by atoms with Crippen molar-refractivity contribution in [1.29, 1.82) is 0 Å². The molecule has 8 heteroatoms. The fraction of sp³-hybridized carbons (Fsp3) is 0.286. The molecule has 1 atom stereocenters. The first kappa shape index (κ1) is 20.3. The van der Waals surface area contributed by atoms with E-state index in [1.807, 2.05) is 48.5 Å². The highest BCUT2D eigenvalue weighted by atomic mass is 79.9. The maximum Gasteiger partial charge on any atom is 0.241 e. The van der Waals surface area contributed by atoms with Crippen molar-refractivity contribution in [3.63, 3.8) is 0 Å². The van der Waals surface area contributed by atoms with E-state index in [0.29, 0.717) is 24.8 Å². The van der Waals surface area contributed by atoms with Gasteiger partial charge in [-0.3, -0.25) is 9.69 Å². The van der Waals surface area contributed by atoms with Crippen molar-refractivity contribution in [2.75, 3.05) is 18.4 Å². The number of benzene rings is 2. The Morgan fingerprint density at radius 2 is 1.97 bits per heavy atom. The highest BCUT2D eigenvalue weighted by Crippen LogP contribution is 2.25. The second kappa shape index (κ2) is 9.19. The third-order valence-corrected chi connectivity index (χ3v) is 6.16. The number of rotatable bonds is 5.